The summed E-state index contributed by atoms with van der Waals surface area (Å²) in [5, 5.41) is 0. The smallest absolute Gasteiger partial charge is 0.426 e. The van der Waals surface area contributed by atoms with E-state index in [0.717, 1.165) is 18.9 Å². The van der Waals surface area contributed by atoms with Crippen LogP contribution in [-0.4, -0.2) is 18.8 Å². The minimum atomic E-state index is -5.73. The molecule has 0 saturated heterocycles. The van der Waals surface area contributed by atoms with Crippen LogP contribution < -0.4 is 10.5 Å². The van der Waals surface area contributed by atoms with Gasteiger partial charge in [-0.1, -0.05) is 12.1 Å². The maximum Gasteiger partial charge on any atom is 0.499 e. The van der Waals surface area contributed by atoms with Crippen LogP contribution in [0.2, 0.25) is 0 Å². The van der Waals surface area contributed by atoms with Crippen molar-refractivity contribution in [3.05, 3.63) is 29.8 Å². The maximum atomic E-state index is 12.7. The van der Waals surface area contributed by atoms with Crippen LogP contribution in [0.5, 0.6) is 5.75 Å². The Morgan fingerprint density at radius 2 is 1.74 bits per heavy atom. The molecule has 2 nitrogen and oxygen atoms in total. The molecule has 0 aromatic heterocycles. The van der Waals surface area contributed by atoms with E-state index in [2.05, 4.69) is 4.74 Å². The van der Waals surface area contributed by atoms with Gasteiger partial charge in [-0.25, -0.2) is 0 Å². The first-order valence-electron chi connectivity index (χ1n) is 5.69. The van der Waals surface area contributed by atoms with Crippen molar-refractivity contribution >= 4 is 0 Å². The molecule has 0 unspecified atom stereocenters. The molecule has 7 heteroatoms. The zero-order valence-electron chi connectivity index (χ0n) is 10.0. The fourth-order valence-corrected chi connectivity index (χ4v) is 1.44. The van der Waals surface area contributed by atoms with Gasteiger partial charge in [-0.2, -0.15) is 22.0 Å². The van der Waals surface area contributed by atoms with E-state index < -0.39 is 18.0 Å². The highest BCUT2D eigenvalue weighted by atomic mass is 19.4. The minimum absolute atomic E-state index is 0.502. The highest BCUT2D eigenvalue weighted by Gasteiger charge is 2.61. The third-order valence-electron chi connectivity index (χ3n) is 2.39. The Labute approximate surface area is 107 Å². The van der Waals surface area contributed by atoms with Crippen molar-refractivity contribution in [3.8, 4) is 5.75 Å². The maximum absolute atomic E-state index is 12.7. The topological polar surface area (TPSA) is 35.2 Å². The number of rotatable bonds is 6. The van der Waals surface area contributed by atoms with Gasteiger partial charge in [-0.3, -0.25) is 0 Å². The molecule has 0 amide bonds. The molecular formula is C12H14F5NO. The number of unbranched alkanes of at least 4 members (excludes halogenated alkanes) is 1. The normalized spacial score (nSPS) is 12.5. The van der Waals surface area contributed by atoms with Gasteiger partial charge in [0.05, 0.1) is 0 Å². The fraction of sp³-hybridized carbons (Fsp3) is 0.500. The van der Waals surface area contributed by atoms with Crippen molar-refractivity contribution in [2.45, 2.75) is 31.5 Å². The van der Waals surface area contributed by atoms with Crippen LogP contribution in [0.4, 0.5) is 22.0 Å². The summed E-state index contributed by atoms with van der Waals surface area (Å²) < 4.78 is 65.0. The lowest BCUT2D eigenvalue weighted by molar-refractivity contribution is -0.360. The zero-order valence-corrected chi connectivity index (χ0v) is 10.0. The number of benzene rings is 1. The zero-order chi connectivity index (χ0) is 14.5. The summed E-state index contributed by atoms with van der Waals surface area (Å²) in [5.74, 6) is -0.507. The summed E-state index contributed by atoms with van der Waals surface area (Å²) in [7, 11) is 0. The van der Waals surface area contributed by atoms with Gasteiger partial charge in [-0.05, 0) is 43.5 Å². The molecule has 1 aromatic rings. The van der Waals surface area contributed by atoms with Gasteiger partial charge in [0.1, 0.15) is 5.75 Å². The Morgan fingerprint density at radius 3 is 2.32 bits per heavy atom. The molecule has 0 atom stereocenters. The van der Waals surface area contributed by atoms with Crippen LogP contribution in [0.1, 0.15) is 18.4 Å². The van der Waals surface area contributed by atoms with E-state index in [4.69, 9.17) is 5.73 Å². The van der Waals surface area contributed by atoms with Crippen LogP contribution in [-0.2, 0) is 6.42 Å². The monoisotopic (exact) mass is 283 g/mol. The van der Waals surface area contributed by atoms with Crippen molar-refractivity contribution in [1.82, 2.24) is 0 Å². The number of nitrogens with two attached hydrogens (primary N) is 1. The fourth-order valence-electron chi connectivity index (χ4n) is 1.44. The van der Waals surface area contributed by atoms with E-state index in [1.54, 1.807) is 6.07 Å². The minimum Gasteiger partial charge on any atom is -0.426 e. The summed E-state index contributed by atoms with van der Waals surface area (Å²) in [6.45, 7) is 0.502. The predicted octanol–water partition coefficient (Wildman–Crippen LogP) is 3.50. The SMILES string of the molecule is NCCCCc1cccc(OC(F)(F)C(F)(F)F)c1. The van der Waals surface area contributed by atoms with Crippen LogP contribution in [0.25, 0.3) is 0 Å². The number of ether oxygens (including phenoxy) is 1. The third kappa shape index (κ3) is 4.66. The molecule has 0 aliphatic heterocycles. The van der Waals surface area contributed by atoms with Gasteiger partial charge >= 0.3 is 12.3 Å². The Kier molecular flexibility index (Phi) is 5.11. The molecule has 0 saturated carbocycles. The third-order valence-corrected chi connectivity index (χ3v) is 2.39. The van der Waals surface area contributed by atoms with Gasteiger partial charge in [0.2, 0.25) is 0 Å². The average molecular weight is 283 g/mol. The first-order chi connectivity index (χ1) is 8.76. The summed E-state index contributed by atoms with van der Waals surface area (Å²) in [6.07, 6.45) is -8.89. The van der Waals surface area contributed by atoms with Gasteiger partial charge < -0.3 is 10.5 Å². The van der Waals surface area contributed by atoms with Crippen molar-refractivity contribution < 1.29 is 26.7 Å². The van der Waals surface area contributed by atoms with Gasteiger partial charge in [0.15, 0.2) is 0 Å². The Balaban J connectivity index is 2.72. The molecule has 0 fully saturated rings. The number of alkyl halides is 5. The molecule has 19 heavy (non-hydrogen) atoms. The summed E-state index contributed by atoms with van der Waals surface area (Å²) >= 11 is 0. The number of hydrogen-bond acceptors (Lipinski definition) is 2. The molecule has 0 aliphatic rings. The van der Waals surface area contributed by atoms with Crippen LogP contribution in [0.15, 0.2) is 24.3 Å². The van der Waals surface area contributed by atoms with Crippen LogP contribution >= 0.6 is 0 Å². The van der Waals surface area contributed by atoms with Gasteiger partial charge in [0, 0.05) is 0 Å². The second-order valence-electron chi connectivity index (χ2n) is 4.01. The average Bonchev–Trinajstić information content (AvgIpc) is 2.27. The molecule has 108 valence electrons. The second-order valence-corrected chi connectivity index (χ2v) is 4.01. The van der Waals surface area contributed by atoms with Crippen LogP contribution in [0.3, 0.4) is 0 Å². The largest absolute Gasteiger partial charge is 0.499 e. The highest BCUT2D eigenvalue weighted by Crippen LogP contribution is 2.37. The lowest BCUT2D eigenvalue weighted by Crippen LogP contribution is -2.41. The molecule has 0 spiro atoms. The van der Waals surface area contributed by atoms with Crippen molar-refractivity contribution in [2.75, 3.05) is 6.54 Å². The Hall–Kier alpha value is -1.37. The molecule has 0 aliphatic carbocycles. The van der Waals surface area contributed by atoms with E-state index >= 15 is 0 Å². The number of halogens is 5. The molecule has 0 radical (unpaired) electrons. The van der Waals surface area contributed by atoms with Crippen LogP contribution in [0, 0.1) is 0 Å². The molecule has 0 heterocycles. The molecular weight excluding hydrogens is 269 g/mol. The summed E-state index contributed by atoms with van der Waals surface area (Å²) in [5.41, 5.74) is 5.93. The quantitative estimate of drug-likeness (QED) is 0.640. The van der Waals surface area contributed by atoms with Crippen molar-refractivity contribution in [3.63, 3.8) is 0 Å². The standard InChI is InChI=1S/C12H14F5NO/c13-11(14,15)12(16,17)19-10-6-3-5-9(8-10)4-1-2-7-18/h3,5-6,8H,1-2,4,7,18H2. The Morgan fingerprint density at radius 1 is 1.05 bits per heavy atom. The number of aryl methyl sites for hydroxylation is 1. The highest BCUT2D eigenvalue weighted by molar-refractivity contribution is 5.29. The van der Waals surface area contributed by atoms with E-state index in [9.17, 15) is 22.0 Å². The second kappa shape index (κ2) is 6.18. The first-order valence-corrected chi connectivity index (χ1v) is 5.69. The lowest BCUT2D eigenvalue weighted by atomic mass is 10.1. The lowest BCUT2D eigenvalue weighted by Gasteiger charge is -2.20. The van der Waals surface area contributed by atoms with E-state index in [1.165, 1.54) is 12.1 Å². The Bertz CT molecular complexity index is 405. The predicted molar refractivity (Wildman–Crippen MR) is 60.1 cm³/mol. The van der Waals surface area contributed by atoms with E-state index in [-0.39, 0.29) is 0 Å². The molecule has 0 bridgehead atoms. The van der Waals surface area contributed by atoms with Gasteiger partial charge in [0.25, 0.3) is 0 Å². The summed E-state index contributed by atoms with van der Waals surface area (Å²) in [4.78, 5) is 0. The number of hydrogen-bond donors (Lipinski definition) is 1. The molecule has 2 N–H and O–H groups in total. The van der Waals surface area contributed by atoms with Crippen molar-refractivity contribution in [1.29, 1.82) is 0 Å². The van der Waals surface area contributed by atoms with Gasteiger partial charge in [-0.15, -0.1) is 0 Å². The van der Waals surface area contributed by atoms with Crippen molar-refractivity contribution in [2.24, 2.45) is 5.73 Å². The van der Waals surface area contributed by atoms with E-state index in [0.29, 0.717) is 18.5 Å². The molecule has 1 aromatic carbocycles. The molecule has 1 rings (SSSR count). The summed E-state index contributed by atoms with van der Waals surface area (Å²) in [6, 6.07) is 5.25. The van der Waals surface area contributed by atoms with E-state index in [1.807, 2.05) is 0 Å². The first kappa shape index (κ1) is 15.7.